The van der Waals surface area contributed by atoms with Crippen LogP contribution >= 0.6 is 11.6 Å². The molecule has 1 N–H and O–H groups in total. The van der Waals surface area contributed by atoms with Crippen LogP contribution in [0.5, 0.6) is 0 Å². The molecule has 1 amide bonds. The molecule has 2 aromatic rings. The first kappa shape index (κ1) is 21.8. The molecule has 0 spiro atoms. The molecule has 1 unspecified atom stereocenters. The van der Waals surface area contributed by atoms with Gasteiger partial charge in [-0.2, -0.15) is 4.31 Å². The van der Waals surface area contributed by atoms with Crippen LogP contribution < -0.4 is 5.32 Å². The molecule has 3 rings (SSSR count). The third-order valence-corrected chi connectivity index (χ3v) is 7.67. The van der Waals surface area contributed by atoms with E-state index in [4.69, 9.17) is 11.6 Å². The molecule has 1 heterocycles. The first-order chi connectivity index (χ1) is 13.7. The average Bonchev–Trinajstić information content (AvgIpc) is 2.88. The molecule has 0 bridgehead atoms. The summed E-state index contributed by atoms with van der Waals surface area (Å²) in [6, 6.07) is 9.44. The topological polar surface area (TPSA) is 66.5 Å². The first-order valence-corrected chi connectivity index (χ1v) is 11.6. The van der Waals surface area contributed by atoms with Crippen LogP contribution in [0.25, 0.3) is 0 Å². The second-order valence-electron chi connectivity index (χ2n) is 7.67. The number of carbonyl (C=O) groups excluding carboxylic acids is 1. The monoisotopic (exact) mass is 434 g/mol. The van der Waals surface area contributed by atoms with E-state index in [1.807, 2.05) is 26.8 Å². The predicted molar refractivity (Wildman–Crippen MR) is 115 cm³/mol. The van der Waals surface area contributed by atoms with Gasteiger partial charge in [0.2, 0.25) is 15.9 Å². The Labute approximate surface area is 178 Å². The lowest BCUT2D eigenvalue weighted by atomic mass is 10.0. The second kappa shape index (κ2) is 8.86. The number of nitrogens with zero attached hydrogens (tertiary/aromatic N) is 1. The van der Waals surface area contributed by atoms with Crippen LogP contribution in [0, 0.1) is 20.8 Å². The van der Waals surface area contributed by atoms with Crippen molar-refractivity contribution in [2.24, 2.45) is 0 Å². The molecule has 1 saturated heterocycles. The Morgan fingerprint density at radius 2 is 1.69 bits per heavy atom. The average molecular weight is 435 g/mol. The number of hydrogen-bond acceptors (Lipinski definition) is 3. The van der Waals surface area contributed by atoms with E-state index in [0.717, 1.165) is 35.1 Å². The summed E-state index contributed by atoms with van der Waals surface area (Å²) < 4.78 is 28.5. The van der Waals surface area contributed by atoms with Crippen molar-refractivity contribution >= 4 is 27.5 Å². The van der Waals surface area contributed by atoms with Crippen molar-refractivity contribution in [1.29, 1.82) is 0 Å². The van der Waals surface area contributed by atoms with Crippen molar-refractivity contribution in [3.63, 3.8) is 0 Å². The number of benzene rings is 2. The van der Waals surface area contributed by atoms with E-state index in [9.17, 15) is 13.2 Å². The Bertz CT molecular complexity index is 1000. The highest BCUT2D eigenvalue weighted by molar-refractivity contribution is 7.89. The van der Waals surface area contributed by atoms with E-state index in [1.165, 1.54) is 16.4 Å². The number of aryl methyl sites for hydroxylation is 3. The summed E-state index contributed by atoms with van der Waals surface area (Å²) in [5.74, 6) is -0.235. The minimum absolute atomic E-state index is 0.139. The van der Waals surface area contributed by atoms with Gasteiger partial charge in [0.25, 0.3) is 0 Å². The number of rotatable bonds is 5. The summed E-state index contributed by atoms with van der Waals surface area (Å²) >= 11 is 5.94. The standard InChI is InChI=1S/C22H27ClN2O3S/c1-15-12-17(3)18(13-16(15)2)14-25(21-6-4-5-11-24-22(21)26)29(27,28)20-9-7-19(23)8-10-20/h7-10,12-13,21H,4-6,11,14H2,1-3H3,(H,24,26). The Morgan fingerprint density at radius 3 is 2.38 bits per heavy atom. The van der Waals surface area contributed by atoms with Gasteiger partial charge in [-0.15, -0.1) is 0 Å². The van der Waals surface area contributed by atoms with Crippen LogP contribution in [0.1, 0.15) is 41.5 Å². The van der Waals surface area contributed by atoms with Gasteiger partial charge >= 0.3 is 0 Å². The van der Waals surface area contributed by atoms with Crippen molar-refractivity contribution < 1.29 is 13.2 Å². The van der Waals surface area contributed by atoms with Gasteiger partial charge in [-0.3, -0.25) is 4.79 Å². The summed E-state index contributed by atoms with van der Waals surface area (Å²) in [6.07, 6.45) is 2.14. The summed E-state index contributed by atoms with van der Waals surface area (Å²) in [5, 5.41) is 3.33. The zero-order valence-electron chi connectivity index (χ0n) is 17.0. The number of nitrogens with one attached hydrogen (secondary N) is 1. The maximum Gasteiger partial charge on any atom is 0.244 e. The molecule has 1 aliphatic rings. The molecule has 5 nitrogen and oxygen atoms in total. The molecule has 0 saturated carbocycles. The fraction of sp³-hybridized carbons (Fsp3) is 0.409. The maximum atomic E-state index is 13.6. The third kappa shape index (κ3) is 4.82. The van der Waals surface area contributed by atoms with Crippen molar-refractivity contribution in [3.05, 3.63) is 63.7 Å². The van der Waals surface area contributed by atoms with E-state index in [0.29, 0.717) is 18.0 Å². The van der Waals surface area contributed by atoms with Gasteiger partial charge in [0.1, 0.15) is 6.04 Å². The van der Waals surface area contributed by atoms with Gasteiger partial charge in [0.15, 0.2) is 0 Å². The predicted octanol–water partition coefficient (Wildman–Crippen LogP) is 4.12. The van der Waals surface area contributed by atoms with Crippen LogP contribution in [0.3, 0.4) is 0 Å². The lowest BCUT2D eigenvalue weighted by Gasteiger charge is -2.30. The van der Waals surface area contributed by atoms with Gasteiger partial charge in [-0.1, -0.05) is 23.7 Å². The Balaban J connectivity index is 2.07. The van der Waals surface area contributed by atoms with E-state index >= 15 is 0 Å². The molecule has 156 valence electrons. The molecule has 1 aliphatic heterocycles. The quantitative estimate of drug-likeness (QED) is 0.769. The summed E-state index contributed by atoms with van der Waals surface area (Å²) in [4.78, 5) is 12.9. The largest absolute Gasteiger partial charge is 0.355 e. The van der Waals surface area contributed by atoms with E-state index in [2.05, 4.69) is 11.4 Å². The van der Waals surface area contributed by atoms with E-state index in [-0.39, 0.29) is 17.3 Å². The minimum Gasteiger partial charge on any atom is -0.355 e. The minimum atomic E-state index is -3.89. The third-order valence-electron chi connectivity index (χ3n) is 5.55. The SMILES string of the molecule is Cc1cc(C)c(CN(C2CCCCNC2=O)S(=O)(=O)c2ccc(Cl)cc2)cc1C. The molecule has 2 aromatic carbocycles. The fourth-order valence-corrected chi connectivity index (χ4v) is 5.38. The molecule has 7 heteroatoms. The highest BCUT2D eigenvalue weighted by Crippen LogP contribution is 2.27. The van der Waals surface area contributed by atoms with Gasteiger partial charge in [0.05, 0.1) is 4.90 Å². The van der Waals surface area contributed by atoms with Crippen LogP contribution in [0.2, 0.25) is 5.02 Å². The highest BCUT2D eigenvalue weighted by Gasteiger charge is 2.36. The normalized spacial score (nSPS) is 17.8. The molecular weight excluding hydrogens is 408 g/mol. The van der Waals surface area contributed by atoms with Crippen molar-refractivity contribution in [2.45, 2.75) is 57.5 Å². The highest BCUT2D eigenvalue weighted by atomic mass is 35.5. The van der Waals surface area contributed by atoms with Crippen LogP contribution in [0.4, 0.5) is 0 Å². The van der Waals surface area contributed by atoms with Crippen molar-refractivity contribution in [1.82, 2.24) is 9.62 Å². The Kier molecular flexibility index (Phi) is 6.66. The van der Waals surface area contributed by atoms with Crippen LogP contribution in [-0.4, -0.2) is 31.2 Å². The summed E-state index contributed by atoms with van der Waals surface area (Å²) in [6.45, 7) is 6.74. The number of halogens is 1. The van der Waals surface area contributed by atoms with Crippen LogP contribution in [-0.2, 0) is 21.4 Å². The fourth-order valence-electron chi connectivity index (χ4n) is 3.66. The van der Waals surface area contributed by atoms with Crippen molar-refractivity contribution in [2.75, 3.05) is 6.54 Å². The number of hydrogen-bond donors (Lipinski definition) is 1. The lowest BCUT2D eigenvalue weighted by Crippen LogP contribution is -2.48. The molecule has 1 atom stereocenters. The molecule has 0 aromatic heterocycles. The number of sulfonamides is 1. The van der Waals surface area contributed by atoms with Crippen molar-refractivity contribution in [3.8, 4) is 0 Å². The summed E-state index contributed by atoms with van der Waals surface area (Å²) in [5.41, 5.74) is 4.17. The molecular formula is C22H27ClN2O3S. The molecule has 29 heavy (non-hydrogen) atoms. The van der Waals surface area contributed by atoms with Gasteiger partial charge < -0.3 is 5.32 Å². The number of amides is 1. The van der Waals surface area contributed by atoms with E-state index in [1.54, 1.807) is 12.1 Å². The zero-order chi connectivity index (χ0) is 21.2. The van der Waals surface area contributed by atoms with Crippen LogP contribution in [0.15, 0.2) is 41.3 Å². The maximum absolute atomic E-state index is 13.6. The van der Waals surface area contributed by atoms with E-state index < -0.39 is 16.1 Å². The molecule has 1 fully saturated rings. The van der Waals surface area contributed by atoms with Gasteiger partial charge in [-0.25, -0.2) is 8.42 Å². The summed E-state index contributed by atoms with van der Waals surface area (Å²) in [7, 11) is -3.89. The molecule has 0 aliphatic carbocycles. The van der Waals surface area contributed by atoms with Gasteiger partial charge in [0, 0.05) is 18.1 Å². The lowest BCUT2D eigenvalue weighted by molar-refractivity contribution is -0.124. The Morgan fingerprint density at radius 1 is 1.03 bits per heavy atom. The Hall–Kier alpha value is -1.89. The zero-order valence-corrected chi connectivity index (χ0v) is 18.6. The van der Waals surface area contributed by atoms with Gasteiger partial charge in [-0.05, 0) is 86.6 Å². The molecule has 0 radical (unpaired) electrons. The number of carbonyl (C=O) groups is 1. The second-order valence-corrected chi connectivity index (χ2v) is 10.00. The first-order valence-electron chi connectivity index (χ1n) is 9.82. The smallest absolute Gasteiger partial charge is 0.244 e.